The maximum absolute atomic E-state index is 5.88. The zero-order valence-electron chi connectivity index (χ0n) is 13.3. The van der Waals surface area contributed by atoms with E-state index in [-0.39, 0.29) is 0 Å². The molecule has 116 valence electrons. The molecule has 0 amide bonds. The van der Waals surface area contributed by atoms with Crippen LogP contribution in [0.25, 0.3) is 0 Å². The van der Waals surface area contributed by atoms with Crippen molar-refractivity contribution in [1.29, 1.82) is 0 Å². The van der Waals surface area contributed by atoms with Gasteiger partial charge in [-0.2, -0.15) is 0 Å². The summed E-state index contributed by atoms with van der Waals surface area (Å²) in [6.45, 7) is 6.55. The van der Waals surface area contributed by atoms with Gasteiger partial charge in [-0.3, -0.25) is 0 Å². The molecule has 3 heteroatoms. The Balaban J connectivity index is 1.68. The fraction of sp³-hybridized carbons (Fsp3) is 0.882. The number of rotatable bonds is 6. The molecule has 1 aliphatic carbocycles. The Hall–Kier alpha value is -0.380. The van der Waals surface area contributed by atoms with E-state index in [1.807, 2.05) is 6.92 Å². The molecule has 2 atom stereocenters. The highest BCUT2D eigenvalue weighted by Crippen LogP contribution is 2.26. The minimum Gasteiger partial charge on any atom is -0.374 e. The first-order valence-electron chi connectivity index (χ1n) is 8.46. The number of allylic oxidation sites excluding steroid dienone is 1. The Morgan fingerprint density at radius 3 is 2.60 bits per heavy atom. The van der Waals surface area contributed by atoms with Gasteiger partial charge < -0.3 is 15.0 Å². The van der Waals surface area contributed by atoms with Crippen LogP contribution in [0, 0.1) is 5.92 Å². The average molecular weight is 280 g/mol. The lowest BCUT2D eigenvalue weighted by Crippen LogP contribution is -2.46. The van der Waals surface area contributed by atoms with Crippen molar-refractivity contribution in [2.45, 2.75) is 57.6 Å². The molecule has 0 unspecified atom stereocenters. The van der Waals surface area contributed by atoms with Crippen molar-refractivity contribution < 1.29 is 4.74 Å². The Bertz CT molecular complexity index is 285. The summed E-state index contributed by atoms with van der Waals surface area (Å²) in [5, 5.41) is 3.53. The molecule has 2 aliphatic rings. The Kier molecular flexibility index (Phi) is 7.05. The van der Waals surface area contributed by atoms with Crippen LogP contribution in [0.4, 0.5) is 0 Å². The van der Waals surface area contributed by atoms with Crippen LogP contribution in [-0.2, 0) is 4.74 Å². The molecule has 1 N–H and O–H groups in total. The standard InChI is InChI=1S/C17H32N2O/c1-3-4-13-20-16-9-11-19(12-10-16)14-15-7-5-6-8-17(15)18-2/h3-4,15-18H,5-14H2,1-2H3/b4-3+/t15-,17+/m0/s1. The second kappa shape index (κ2) is 8.81. The second-order valence-electron chi connectivity index (χ2n) is 6.34. The van der Waals surface area contributed by atoms with E-state index in [1.54, 1.807) is 0 Å². The van der Waals surface area contributed by atoms with Gasteiger partial charge in [0, 0.05) is 25.7 Å². The summed E-state index contributed by atoms with van der Waals surface area (Å²) < 4.78 is 5.88. The van der Waals surface area contributed by atoms with Gasteiger partial charge in [-0.1, -0.05) is 25.0 Å². The van der Waals surface area contributed by atoms with Crippen molar-refractivity contribution in [1.82, 2.24) is 10.2 Å². The third kappa shape index (κ3) is 4.87. The van der Waals surface area contributed by atoms with Crippen LogP contribution in [0.5, 0.6) is 0 Å². The van der Waals surface area contributed by atoms with Crippen LogP contribution in [-0.4, -0.2) is 50.3 Å². The van der Waals surface area contributed by atoms with Crippen molar-refractivity contribution in [3.63, 3.8) is 0 Å². The van der Waals surface area contributed by atoms with Crippen molar-refractivity contribution in [3.8, 4) is 0 Å². The number of hydrogen-bond donors (Lipinski definition) is 1. The predicted molar refractivity (Wildman–Crippen MR) is 85.0 cm³/mol. The Labute approximate surface area is 124 Å². The summed E-state index contributed by atoms with van der Waals surface area (Å²) in [5.74, 6) is 0.856. The highest BCUT2D eigenvalue weighted by Gasteiger charge is 2.27. The summed E-state index contributed by atoms with van der Waals surface area (Å²) in [4.78, 5) is 2.66. The monoisotopic (exact) mass is 280 g/mol. The highest BCUT2D eigenvalue weighted by molar-refractivity contribution is 4.84. The van der Waals surface area contributed by atoms with Gasteiger partial charge in [0.25, 0.3) is 0 Å². The molecular weight excluding hydrogens is 248 g/mol. The molecule has 0 radical (unpaired) electrons. The van der Waals surface area contributed by atoms with E-state index in [0.29, 0.717) is 6.10 Å². The van der Waals surface area contributed by atoms with Crippen LogP contribution >= 0.6 is 0 Å². The molecule has 3 nitrogen and oxygen atoms in total. The summed E-state index contributed by atoms with van der Waals surface area (Å²) in [6, 6.07) is 0.743. The molecule has 0 spiro atoms. The van der Waals surface area contributed by atoms with Gasteiger partial charge in [0.15, 0.2) is 0 Å². The third-order valence-electron chi connectivity index (χ3n) is 4.97. The van der Waals surface area contributed by atoms with Crippen molar-refractivity contribution in [2.24, 2.45) is 5.92 Å². The van der Waals surface area contributed by atoms with Gasteiger partial charge in [-0.25, -0.2) is 0 Å². The lowest BCUT2D eigenvalue weighted by Gasteiger charge is -2.38. The third-order valence-corrected chi connectivity index (χ3v) is 4.97. The summed E-state index contributed by atoms with van der Waals surface area (Å²) >= 11 is 0. The Morgan fingerprint density at radius 1 is 1.15 bits per heavy atom. The van der Waals surface area contributed by atoms with Crippen molar-refractivity contribution >= 4 is 0 Å². The van der Waals surface area contributed by atoms with Crippen LogP contribution in [0.3, 0.4) is 0 Å². The quantitative estimate of drug-likeness (QED) is 0.757. The largest absolute Gasteiger partial charge is 0.374 e. The molecule has 0 aromatic heterocycles. The van der Waals surface area contributed by atoms with Gasteiger partial charge in [-0.15, -0.1) is 0 Å². The summed E-state index contributed by atoms with van der Waals surface area (Å²) in [6.07, 6.45) is 12.7. The molecule has 0 aromatic carbocycles. The van der Waals surface area contributed by atoms with Crippen LogP contribution in [0.15, 0.2) is 12.2 Å². The van der Waals surface area contributed by atoms with Gasteiger partial charge in [0.1, 0.15) is 0 Å². The molecular formula is C17H32N2O. The highest BCUT2D eigenvalue weighted by atomic mass is 16.5. The van der Waals surface area contributed by atoms with E-state index in [4.69, 9.17) is 4.74 Å². The van der Waals surface area contributed by atoms with Crippen LogP contribution in [0.1, 0.15) is 45.4 Å². The number of piperidine rings is 1. The maximum atomic E-state index is 5.88. The minimum absolute atomic E-state index is 0.480. The first-order chi connectivity index (χ1) is 9.83. The first-order valence-corrected chi connectivity index (χ1v) is 8.46. The topological polar surface area (TPSA) is 24.5 Å². The SMILES string of the molecule is C/C=C/COC1CCN(C[C@@H]2CCCC[C@H]2NC)CC1. The number of ether oxygens (including phenoxy) is 1. The van der Waals surface area contributed by atoms with E-state index < -0.39 is 0 Å². The molecule has 0 aromatic rings. The predicted octanol–water partition coefficient (Wildman–Crippen LogP) is 2.82. The number of nitrogens with one attached hydrogen (secondary N) is 1. The molecule has 1 saturated carbocycles. The van der Waals surface area contributed by atoms with E-state index in [1.165, 1.54) is 58.2 Å². The van der Waals surface area contributed by atoms with Gasteiger partial charge in [-0.05, 0) is 45.6 Å². The fourth-order valence-corrected chi connectivity index (χ4v) is 3.68. The molecule has 0 bridgehead atoms. The molecule has 1 heterocycles. The number of nitrogens with zero attached hydrogens (tertiary/aromatic N) is 1. The van der Waals surface area contributed by atoms with Gasteiger partial charge >= 0.3 is 0 Å². The lowest BCUT2D eigenvalue weighted by molar-refractivity contribution is 0.0155. The normalized spacial score (nSPS) is 30.1. The average Bonchev–Trinajstić information content (AvgIpc) is 2.50. The van der Waals surface area contributed by atoms with E-state index in [9.17, 15) is 0 Å². The zero-order chi connectivity index (χ0) is 14.2. The second-order valence-corrected chi connectivity index (χ2v) is 6.34. The number of likely N-dealkylation sites (tertiary alicyclic amines) is 1. The van der Waals surface area contributed by atoms with Gasteiger partial charge in [0.05, 0.1) is 12.7 Å². The van der Waals surface area contributed by atoms with Gasteiger partial charge in [0.2, 0.25) is 0 Å². The molecule has 2 rings (SSSR count). The summed E-state index contributed by atoms with van der Waals surface area (Å²) in [7, 11) is 2.13. The molecule has 1 saturated heterocycles. The molecule has 20 heavy (non-hydrogen) atoms. The fourth-order valence-electron chi connectivity index (χ4n) is 3.68. The van der Waals surface area contributed by atoms with Crippen LogP contribution < -0.4 is 5.32 Å². The first kappa shape index (κ1) is 16.0. The Morgan fingerprint density at radius 2 is 1.90 bits per heavy atom. The lowest BCUT2D eigenvalue weighted by atomic mass is 9.84. The van der Waals surface area contributed by atoms with E-state index in [0.717, 1.165) is 18.6 Å². The smallest absolute Gasteiger partial charge is 0.0651 e. The summed E-state index contributed by atoms with van der Waals surface area (Å²) in [5.41, 5.74) is 0. The maximum Gasteiger partial charge on any atom is 0.0651 e. The number of hydrogen-bond acceptors (Lipinski definition) is 3. The molecule has 1 aliphatic heterocycles. The van der Waals surface area contributed by atoms with Crippen molar-refractivity contribution in [2.75, 3.05) is 33.3 Å². The van der Waals surface area contributed by atoms with Crippen LogP contribution in [0.2, 0.25) is 0 Å². The zero-order valence-corrected chi connectivity index (χ0v) is 13.3. The minimum atomic E-state index is 0.480. The van der Waals surface area contributed by atoms with Crippen molar-refractivity contribution in [3.05, 3.63) is 12.2 Å². The molecule has 2 fully saturated rings. The van der Waals surface area contributed by atoms with E-state index in [2.05, 4.69) is 29.4 Å². The van der Waals surface area contributed by atoms with E-state index >= 15 is 0 Å².